The summed E-state index contributed by atoms with van der Waals surface area (Å²) in [7, 11) is 5.91. The van der Waals surface area contributed by atoms with Gasteiger partial charge in [0.15, 0.2) is 0 Å². The van der Waals surface area contributed by atoms with E-state index >= 15 is 0 Å². The molecular formula is C28H36N4O3. The number of likely N-dealkylation sites (tertiary alicyclic amines) is 1. The first-order chi connectivity index (χ1) is 16.7. The van der Waals surface area contributed by atoms with Crippen LogP contribution in [0.3, 0.4) is 0 Å². The summed E-state index contributed by atoms with van der Waals surface area (Å²) >= 11 is 0. The predicted molar refractivity (Wildman–Crippen MR) is 136 cm³/mol. The summed E-state index contributed by atoms with van der Waals surface area (Å²) in [5, 5.41) is 0. The Morgan fingerprint density at radius 2 is 1.71 bits per heavy atom. The van der Waals surface area contributed by atoms with Gasteiger partial charge < -0.3 is 9.80 Å². The van der Waals surface area contributed by atoms with Crippen LogP contribution in [-0.2, 0) is 19.8 Å². The van der Waals surface area contributed by atoms with Crippen LogP contribution in [0, 0.1) is 6.92 Å². The number of carbonyl (C=O) groups excluding carboxylic acids is 3. The molecule has 0 spiro atoms. The average molecular weight is 477 g/mol. The lowest BCUT2D eigenvalue weighted by Gasteiger charge is -2.41. The van der Waals surface area contributed by atoms with E-state index in [-0.39, 0.29) is 36.6 Å². The number of benzene rings is 2. The molecule has 2 aromatic carbocycles. The molecule has 7 heteroatoms. The van der Waals surface area contributed by atoms with Gasteiger partial charge in [0.05, 0.1) is 11.5 Å². The summed E-state index contributed by atoms with van der Waals surface area (Å²) in [6.07, 6.45) is 0.0395. The molecular weight excluding hydrogens is 440 g/mol. The zero-order valence-corrected chi connectivity index (χ0v) is 21.2. The van der Waals surface area contributed by atoms with E-state index in [4.69, 9.17) is 0 Å². The van der Waals surface area contributed by atoms with E-state index in [9.17, 15) is 14.4 Å². The van der Waals surface area contributed by atoms with Crippen molar-refractivity contribution in [3.8, 4) is 0 Å². The highest BCUT2D eigenvalue weighted by Crippen LogP contribution is 2.42. The van der Waals surface area contributed by atoms with Crippen LogP contribution in [0.4, 0.5) is 0 Å². The summed E-state index contributed by atoms with van der Waals surface area (Å²) in [6, 6.07) is 18.0. The zero-order chi connectivity index (χ0) is 25.2. The van der Waals surface area contributed by atoms with E-state index in [1.54, 1.807) is 0 Å². The fraction of sp³-hybridized carbons (Fsp3) is 0.464. The Morgan fingerprint density at radius 1 is 1.03 bits per heavy atom. The van der Waals surface area contributed by atoms with Gasteiger partial charge in [-0.2, -0.15) is 0 Å². The third-order valence-corrected chi connectivity index (χ3v) is 7.48. The van der Waals surface area contributed by atoms with Crippen LogP contribution in [-0.4, -0.2) is 91.2 Å². The molecule has 2 heterocycles. The number of nitrogens with zero attached hydrogens (tertiary/aromatic N) is 4. The number of hydrogen-bond acceptors (Lipinski definition) is 5. The molecule has 2 aliphatic rings. The van der Waals surface area contributed by atoms with E-state index in [0.717, 1.165) is 17.7 Å². The SMILES string of the molecule is Cc1ccccc1[C@]1(CC(=O)N2CCN(C)[C@@H](c3ccccc3)C2)CC(=O)N(CCN(C)C)C1=O. The summed E-state index contributed by atoms with van der Waals surface area (Å²) in [6.45, 7) is 4.79. The standard InChI is InChI=1S/C28H36N4O3/c1-21-10-8-9-13-23(21)28(19-26(34)32(27(28)35)17-14-29(2)3)18-25(33)31-16-15-30(4)24(20-31)22-11-6-5-7-12-22/h5-13,24H,14-20H2,1-4H3/t24-,28+/m1/s1. The zero-order valence-electron chi connectivity index (χ0n) is 21.2. The van der Waals surface area contributed by atoms with Crippen LogP contribution in [0.15, 0.2) is 54.6 Å². The number of aryl methyl sites for hydroxylation is 1. The number of likely N-dealkylation sites (N-methyl/N-ethyl adjacent to an activating group) is 2. The monoisotopic (exact) mass is 476 g/mol. The lowest BCUT2D eigenvalue weighted by molar-refractivity contribution is -0.143. The topological polar surface area (TPSA) is 64.2 Å². The van der Waals surface area contributed by atoms with Gasteiger partial charge >= 0.3 is 0 Å². The van der Waals surface area contributed by atoms with Gasteiger partial charge in [0.1, 0.15) is 0 Å². The van der Waals surface area contributed by atoms with E-state index in [1.165, 1.54) is 10.5 Å². The lowest BCUT2D eigenvalue weighted by atomic mass is 9.73. The first kappa shape index (κ1) is 25.1. The summed E-state index contributed by atoms with van der Waals surface area (Å²) in [5.74, 6) is -0.521. The van der Waals surface area contributed by atoms with Gasteiger partial charge in [0.2, 0.25) is 17.7 Å². The van der Waals surface area contributed by atoms with Crippen molar-refractivity contribution in [2.45, 2.75) is 31.2 Å². The molecule has 0 saturated carbocycles. The maximum atomic E-state index is 13.9. The molecule has 0 bridgehead atoms. The van der Waals surface area contributed by atoms with Gasteiger partial charge in [0.25, 0.3) is 0 Å². The lowest BCUT2D eigenvalue weighted by Crippen LogP contribution is -2.51. The second kappa shape index (κ2) is 10.3. The van der Waals surface area contributed by atoms with E-state index in [1.807, 2.05) is 73.3 Å². The molecule has 0 aliphatic carbocycles. The normalized spacial score (nSPS) is 23.4. The molecule has 2 saturated heterocycles. The van der Waals surface area contributed by atoms with Crippen molar-refractivity contribution in [3.05, 3.63) is 71.3 Å². The third kappa shape index (κ3) is 5.02. The number of imide groups is 1. The molecule has 0 aromatic heterocycles. The highest BCUT2D eigenvalue weighted by atomic mass is 16.2. The molecule has 4 rings (SSSR count). The van der Waals surface area contributed by atoms with E-state index < -0.39 is 5.41 Å². The molecule has 0 radical (unpaired) electrons. The molecule has 2 aromatic rings. The number of rotatable bonds is 7. The van der Waals surface area contributed by atoms with Gasteiger partial charge in [-0.3, -0.25) is 24.2 Å². The fourth-order valence-corrected chi connectivity index (χ4v) is 5.39. The maximum absolute atomic E-state index is 13.9. The van der Waals surface area contributed by atoms with E-state index in [0.29, 0.717) is 26.2 Å². The van der Waals surface area contributed by atoms with Gasteiger partial charge in [0, 0.05) is 45.6 Å². The largest absolute Gasteiger partial charge is 0.339 e. The van der Waals surface area contributed by atoms with Crippen molar-refractivity contribution in [1.29, 1.82) is 0 Å². The van der Waals surface area contributed by atoms with Crippen molar-refractivity contribution in [3.63, 3.8) is 0 Å². The van der Waals surface area contributed by atoms with Gasteiger partial charge in [-0.15, -0.1) is 0 Å². The molecule has 35 heavy (non-hydrogen) atoms. The highest BCUT2D eigenvalue weighted by molar-refractivity contribution is 6.11. The third-order valence-electron chi connectivity index (χ3n) is 7.48. The van der Waals surface area contributed by atoms with Gasteiger partial charge in [-0.25, -0.2) is 0 Å². The van der Waals surface area contributed by atoms with Crippen molar-refractivity contribution >= 4 is 17.7 Å². The van der Waals surface area contributed by atoms with Crippen LogP contribution in [0.5, 0.6) is 0 Å². The van der Waals surface area contributed by atoms with Crippen LogP contribution in [0.25, 0.3) is 0 Å². The highest BCUT2D eigenvalue weighted by Gasteiger charge is 2.54. The second-order valence-electron chi connectivity index (χ2n) is 10.2. The van der Waals surface area contributed by atoms with Crippen molar-refractivity contribution in [2.75, 3.05) is 53.9 Å². The van der Waals surface area contributed by atoms with Crippen molar-refractivity contribution < 1.29 is 14.4 Å². The molecule has 2 atom stereocenters. The summed E-state index contributed by atoms with van der Waals surface area (Å²) in [5.41, 5.74) is 1.73. The van der Waals surface area contributed by atoms with Crippen LogP contribution >= 0.6 is 0 Å². The van der Waals surface area contributed by atoms with Crippen molar-refractivity contribution in [1.82, 2.24) is 19.6 Å². The second-order valence-corrected chi connectivity index (χ2v) is 10.2. The number of piperazine rings is 1. The van der Waals surface area contributed by atoms with Gasteiger partial charge in [-0.1, -0.05) is 54.6 Å². The predicted octanol–water partition coefficient (Wildman–Crippen LogP) is 2.46. The quantitative estimate of drug-likeness (QED) is 0.575. The Balaban J connectivity index is 1.62. The van der Waals surface area contributed by atoms with E-state index in [2.05, 4.69) is 24.1 Å². The van der Waals surface area contributed by atoms with Crippen LogP contribution in [0.2, 0.25) is 0 Å². The molecule has 0 unspecified atom stereocenters. The smallest absolute Gasteiger partial charge is 0.240 e. The molecule has 0 N–H and O–H groups in total. The van der Waals surface area contributed by atoms with Gasteiger partial charge in [-0.05, 0) is 44.8 Å². The number of carbonyl (C=O) groups is 3. The number of hydrogen-bond donors (Lipinski definition) is 0. The Hall–Kier alpha value is -3.03. The summed E-state index contributed by atoms with van der Waals surface area (Å²) in [4.78, 5) is 48.2. The average Bonchev–Trinajstić information content (AvgIpc) is 3.08. The summed E-state index contributed by atoms with van der Waals surface area (Å²) < 4.78 is 0. The first-order valence-electron chi connectivity index (χ1n) is 12.3. The van der Waals surface area contributed by atoms with Crippen LogP contribution < -0.4 is 0 Å². The number of amides is 3. The van der Waals surface area contributed by atoms with Crippen molar-refractivity contribution in [2.24, 2.45) is 0 Å². The molecule has 7 nitrogen and oxygen atoms in total. The maximum Gasteiger partial charge on any atom is 0.240 e. The molecule has 2 aliphatic heterocycles. The molecule has 3 amide bonds. The minimum Gasteiger partial charge on any atom is -0.339 e. The minimum atomic E-state index is -1.16. The minimum absolute atomic E-state index is 0.00607. The Labute approximate surface area is 208 Å². The molecule has 2 fully saturated rings. The fourth-order valence-electron chi connectivity index (χ4n) is 5.39. The first-order valence-corrected chi connectivity index (χ1v) is 12.3. The Morgan fingerprint density at radius 3 is 2.40 bits per heavy atom. The Kier molecular flexibility index (Phi) is 7.38. The van der Waals surface area contributed by atoms with Crippen LogP contribution in [0.1, 0.15) is 35.6 Å². The Bertz CT molecular complexity index is 1090. The molecule has 186 valence electrons.